The van der Waals surface area contributed by atoms with E-state index in [-0.39, 0.29) is 12.4 Å². The quantitative estimate of drug-likeness (QED) is 0.837. The Balaban J connectivity index is 0.00000225. The van der Waals surface area contributed by atoms with Gasteiger partial charge in [0, 0.05) is 12.6 Å². The zero-order chi connectivity index (χ0) is 16.8. The summed E-state index contributed by atoms with van der Waals surface area (Å²) in [6.45, 7) is 6.07. The molecule has 0 spiro atoms. The molecule has 136 valence electrons. The Labute approximate surface area is 157 Å². The van der Waals surface area contributed by atoms with E-state index in [0.29, 0.717) is 18.6 Å². The van der Waals surface area contributed by atoms with Crippen LogP contribution in [0.1, 0.15) is 30.9 Å². The van der Waals surface area contributed by atoms with Gasteiger partial charge < -0.3 is 10.5 Å². The minimum Gasteiger partial charge on any atom is -0.489 e. The lowest BCUT2D eigenvalue weighted by atomic mass is 9.91. The van der Waals surface area contributed by atoms with Crippen LogP contribution >= 0.6 is 12.4 Å². The monoisotopic (exact) mass is 360 g/mol. The van der Waals surface area contributed by atoms with Crippen molar-refractivity contribution in [1.29, 1.82) is 0 Å². The molecule has 1 aliphatic heterocycles. The second-order valence-corrected chi connectivity index (χ2v) is 6.89. The number of hydrogen-bond donors (Lipinski definition) is 1. The third kappa shape index (κ3) is 6.03. The Morgan fingerprint density at radius 2 is 1.64 bits per heavy atom. The Hall–Kier alpha value is -1.55. The number of benzene rings is 2. The molecule has 0 aromatic heterocycles. The van der Waals surface area contributed by atoms with Crippen LogP contribution in [0, 0.1) is 5.92 Å². The van der Waals surface area contributed by atoms with E-state index in [9.17, 15) is 0 Å². The third-order valence-electron chi connectivity index (χ3n) is 4.95. The predicted octanol–water partition coefficient (Wildman–Crippen LogP) is 4.25. The number of rotatable bonds is 6. The summed E-state index contributed by atoms with van der Waals surface area (Å²) in [6, 6.07) is 19.1. The molecule has 2 aromatic rings. The van der Waals surface area contributed by atoms with Crippen molar-refractivity contribution in [2.24, 2.45) is 11.7 Å². The molecule has 0 aliphatic carbocycles. The van der Waals surface area contributed by atoms with Crippen molar-refractivity contribution < 1.29 is 4.74 Å². The van der Waals surface area contributed by atoms with Gasteiger partial charge in [-0.3, -0.25) is 4.90 Å². The summed E-state index contributed by atoms with van der Waals surface area (Å²) in [4.78, 5) is 2.53. The standard InChI is InChI=1S/C21H28N2O.ClH/c1-17(22)20-11-13-23(14-12-20)15-18-7-9-21(10-8-18)24-16-19-5-3-2-4-6-19;/h2-10,17,20H,11-16,22H2,1H3;1H. The molecule has 4 heteroatoms. The van der Waals surface area contributed by atoms with Crippen molar-refractivity contribution in [3.8, 4) is 5.75 Å². The second-order valence-electron chi connectivity index (χ2n) is 6.89. The van der Waals surface area contributed by atoms with Crippen molar-refractivity contribution >= 4 is 12.4 Å². The summed E-state index contributed by atoms with van der Waals surface area (Å²) in [5, 5.41) is 0. The van der Waals surface area contributed by atoms with E-state index in [1.807, 2.05) is 18.2 Å². The molecule has 1 fully saturated rings. The van der Waals surface area contributed by atoms with Gasteiger partial charge in [0.05, 0.1) is 0 Å². The van der Waals surface area contributed by atoms with Gasteiger partial charge in [-0.15, -0.1) is 12.4 Å². The smallest absolute Gasteiger partial charge is 0.119 e. The summed E-state index contributed by atoms with van der Waals surface area (Å²) in [6.07, 6.45) is 2.44. The molecule has 0 amide bonds. The highest BCUT2D eigenvalue weighted by Crippen LogP contribution is 2.22. The molecule has 1 atom stereocenters. The summed E-state index contributed by atoms with van der Waals surface area (Å²) in [5.41, 5.74) is 8.56. The Bertz CT molecular complexity index is 608. The van der Waals surface area contributed by atoms with Crippen LogP contribution < -0.4 is 10.5 Å². The largest absolute Gasteiger partial charge is 0.489 e. The molecule has 2 aromatic carbocycles. The topological polar surface area (TPSA) is 38.5 Å². The van der Waals surface area contributed by atoms with Crippen molar-refractivity contribution in [2.75, 3.05) is 13.1 Å². The van der Waals surface area contributed by atoms with Crippen LogP contribution in [0.5, 0.6) is 5.75 Å². The van der Waals surface area contributed by atoms with Gasteiger partial charge in [0.2, 0.25) is 0 Å². The van der Waals surface area contributed by atoms with Crippen LogP contribution in [-0.4, -0.2) is 24.0 Å². The normalized spacial score (nSPS) is 16.9. The first kappa shape index (κ1) is 19.8. The zero-order valence-electron chi connectivity index (χ0n) is 14.9. The van der Waals surface area contributed by atoms with E-state index in [1.54, 1.807) is 0 Å². The van der Waals surface area contributed by atoms with Crippen molar-refractivity contribution in [1.82, 2.24) is 4.90 Å². The SMILES string of the molecule is CC(N)C1CCN(Cc2ccc(OCc3ccccc3)cc2)CC1.Cl. The molecule has 25 heavy (non-hydrogen) atoms. The Morgan fingerprint density at radius 1 is 1.00 bits per heavy atom. The van der Waals surface area contributed by atoms with E-state index in [4.69, 9.17) is 10.5 Å². The van der Waals surface area contributed by atoms with E-state index in [0.717, 1.165) is 25.4 Å². The highest BCUT2D eigenvalue weighted by Gasteiger charge is 2.21. The molecule has 1 unspecified atom stereocenters. The Morgan fingerprint density at radius 3 is 2.24 bits per heavy atom. The average Bonchev–Trinajstić information content (AvgIpc) is 2.62. The van der Waals surface area contributed by atoms with Crippen LogP contribution in [0.4, 0.5) is 0 Å². The van der Waals surface area contributed by atoms with Crippen molar-refractivity contribution in [3.63, 3.8) is 0 Å². The number of likely N-dealkylation sites (tertiary alicyclic amines) is 1. The van der Waals surface area contributed by atoms with Crippen LogP contribution in [0.15, 0.2) is 54.6 Å². The Kier molecular flexibility index (Phi) is 7.76. The van der Waals surface area contributed by atoms with Crippen molar-refractivity contribution in [3.05, 3.63) is 65.7 Å². The number of piperidine rings is 1. The summed E-state index contributed by atoms with van der Waals surface area (Å²) < 4.78 is 5.85. The minimum atomic E-state index is 0. The lowest BCUT2D eigenvalue weighted by molar-refractivity contribution is 0.165. The molecule has 0 saturated carbocycles. The van der Waals surface area contributed by atoms with E-state index >= 15 is 0 Å². The molecular formula is C21H29ClN2O. The average molecular weight is 361 g/mol. The van der Waals surface area contributed by atoms with Gasteiger partial charge >= 0.3 is 0 Å². The number of ether oxygens (including phenoxy) is 1. The lowest BCUT2D eigenvalue weighted by Gasteiger charge is -2.33. The molecular weight excluding hydrogens is 332 g/mol. The summed E-state index contributed by atoms with van der Waals surface area (Å²) in [7, 11) is 0. The highest BCUT2D eigenvalue weighted by molar-refractivity contribution is 5.85. The highest BCUT2D eigenvalue weighted by atomic mass is 35.5. The van der Waals surface area contributed by atoms with Crippen LogP contribution in [0.25, 0.3) is 0 Å². The first-order valence-corrected chi connectivity index (χ1v) is 8.94. The fourth-order valence-electron chi connectivity index (χ4n) is 3.33. The summed E-state index contributed by atoms with van der Waals surface area (Å²) >= 11 is 0. The zero-order valence-corrected chi connectivity index (χ0v) is 15.8. The second kappa shape index (κ2) is 9.81. The van der Waals surface area contributed by atoms with Gasteiger partial charge in [0.25, 0.3) is 0 Å². The first-order chi connectivity index (χ1) is 11.7. The van der Waals surface area contributed by atoms with Crippen LogP contribution in [0.2, 0.25) is 0 Å². The predicted molar refractivity (Wildman–Crippen MR) is 106 cm³/mol. The maximum Gasteiger partial charge on any atom is 0.119 e. The maximum absolute atomic E-state index is 6.02. The molecule has 3 rings (SSSR count). The van der Waals surface area contributed by atoms with Gasteiger partial charge in [-0.05, 0) is 62.0 Å². The molecule has 0 bridgehead atoms. The number of halogens is 1. The van der Waals surface area contributed by atoms with Crippen LogP contribution in [0.3, 0.4) is 0 Å². The van der Waals surface area contributed by atoms with E-state index < -0.39 is 0 Å². The molecule has 2 N–H and O–H groups in total. The molecule has 0 radical (unpaired) electrons. The minimum absolute atomic E-state index is 0. The molecule has 3 nitrogen and oxygen atoms in total. The van der Waals surface area contributed by atoms with Crippen LogP contribution in [-0.2, 0) is 13.2 Å². The first-order valence-electron chi connectivity index (χ1n) is 8.94. The maximum atomic E-state index is 6.02. The fourth-order valence-corrected chi connectivity index (χ4v) is 3.33. The van der Waals surface area contributed by atoms with E-state index in [1.165, 1.54) is 24.0 Å². The third-order valence-corrected chi connectivity index (χ3v) is 4.95. The summed E-state index contributed by atoms with van der Waals surface area (Å²) in [5.74, 6) is 1.62. The molecule has 1 aliphatic rings. The molecule has 1 heterocycles. The number of hydrogen-bond acceptors (Lipinski definition) is 3. The lowest BCUT2D eigenvalue weighted by Crippen LogP contribution is -2.39. The van der Waals surface area contributed by atoms with Gasteiger partial charge in [0.1, 0.15) is 12.4 Å². The number of nitrogens with zero attached hydrogens (tertiary/aromatic N) is 1. The van der Waals surface area contributed by atoms with E-state index in [2.05, 4.69) is 48.2 Å². The van der Waals surface area contributed by atoms with Crippen molar-refractivity contribution in [2.45, 2.75) is 39.0 Å². The fraction of sp³-hybridized carbons (Fsp3) is 0.429. The molecule has 1 saturated heterocycles. The van der Waals surface area contributed by atoms with Gasteiger partial charge in [-0.1, -0.05) is 42.5 Å². The van der Waals surface area contributed by atoms with Gasteiger partial charge in [-0.2, -0.15) is 0 Å². The van der Waals surface area contributed by atoms with Gasteiger partial charge in [-0.25, -0.2) is 0 Å². The van der Waals surface area contributed by atoms with Gasteiger partial charge in [0.15, 0.2) is 0 Å². The number of nitrogens with two attached hydrogens (primary N) is 1.